The maximum absolute atomic E-state index is 13.2. The highest BCUT2D eigenvalue weighted by molar-refractivity contribution is 9.11. The molecule has 0 amide bonds. The van der Waals surface area contributed by atoms with Gasteiger partial charge >= 0.3 is 0 Å². The molecule has 0 radical (unpaired) electrons. The molecule has 0 aliphatic rings. The van der Waals surface area contributed by atoms with Crippen molar-refractivity contribution in [1.82, 2.24) is 9.66 Å². The van der Waals surface area contributed by atoms with E-state index in [1.54, 1.807) is 36.7 Å². The van der Waals surface area contributed by atoms with Crippen molar-refractivity contribution in [2.75, 3.05) is 0 Å². The third kappa shape index (κ3) is 5.15. The fourth-order valence-electron chi connectivity index (χ4n) is 2.77. The molecule has 0 atom stereocenters. The first-order valence-corrected chi connectivity index (χ1v) is 10.7. The van der Waals surface area contributed by atoms with Crippen LogP contribution in [0.1, 0.15) is 11.1 Å². The van der Waals surface area contributed by atoms with Gasteiger partial charge in [-0.05, 0) is 45.8 Å². The summed E-state index contributed by atoms with van der Waals surface area (Å²) in [5.41, 5.74) is 2.87. The van der Waals surface area contributed by atoms with Crippen LogP contribution in [0.2, 0.25) is 0 Å². The van der Waals surface area contributed by atoms with Crippen LogP contribution in [-0.4, -0.2) is 27.2 Å². The van der Waals surface area contributed by atoms with Gasteiger partial charge in [-0.2, -0.15) is 5.10 Å². The molecule has 31 heavy (non-hydrogen) atoms. The zero-order valence-electron chi connectivity index (χ0n) is 16.0. The van der Waals surface area contributed by atoms with Crippen molar-refractivity contribution in [3.63, 3.8) is 0 Å². The number of nitrogens with zero attached hydrogens (tertiary/aromatic N) is 4. The number of aliphatic imine (C=N–C) groups is 1. The number of aromatic nitrogens is 2. The van der Waals surface area contributed by atoms with Gasteiger partial charge in [0.25, 0.3) is 5.95 Å². The van der Waals surface area contributed by atoms with Gasteiger partial charge in [0, 0.05) is 21.8 Å². The first-order valence-electron chi connectivity index (χ1n) is 9.16. The summed E-state index contributed by atoms with van der Waals surface area (Å²) in [6, 6.07) is 19.2. The van der Waals surface area contributed by atoms with E-state index in [0.717, 1.165) is 15.6 Å². The van der Waals surface area contributed by atoms with Gasteiger partial charge in [-0.15, -0.1) is 0 Å². The number of rotatable bonds is 5. The molecule has 0 spiro atoms. The van der Waals surface area contributed by atoms with Gasteiger partial charge in [-0.1, -0.05) is 58.4 Å². The van der Waals surface area contributed by atoms with Crippen LogP contribution in [0.15, 0.2) is 92.0 Å². The molecule has 8 heteroatoms. The Labute approximate surface area is 194 Å². The summed E-state index contributed by atoms with van der Waals surface area (Å²) in [7, 11) is 0. The summed E-state index contributed by atoms with van der Waals surface area (Å²) in [6.45, 7) is 0. The highest BCUT2D eigenvalue weighted by Gasteiger charge is 2.10. The maximum atomic E-state index is 13.2. The van der Waals surface area contributed by atoms with E-state index < -0.39 is 0 Å². The van der Waals surface area contributed by atoms with Crippen LogP contribution in [0.5, 0.6) is 5.75 Å². The van der Waals surface area contributed by atoms with E-state index in [2.05, 4.69) is 46.9 Å². The van der Waals surface area contributed by atoms with Crippen LogP contribution in [0.25, 0.3) is 11.3 Å². The predicted octanol–water partition coefficient (Wildman–Crippen LogP) is 6.55. The number of hydrogen-bond donors (Lipinski definition) is 1. The Morgan fingerprint density at radius 3 is 2.45 bits per heavy atom. The van der Waals surface area contributed by atoms with Crippen molar-refractivity contribution >= 4 is 50.2 Å². The average Bonchev–Trinajstić information content (AvgIpc) is 3.18. The highest BCUT2D eigenvalue weighted by Crippen LogP contribution is 2.31. The molecule has 0 saturated heterocycles. The number of halogens is 3. The van der Waals surface area contributed by atoms with Gasteiger partial charge in [0.05, 0.1) is 22.6 Å². The Hall–Kier alpha value is -3.10. The number of hydrogen-bond acceptors (Lipinski definition) is 4. The summed E-state index contributed by atoms with van der Waals surface area (Å²) in [5.74, 6) is 0.0901. The molecule has 0 aliphatic carbocycles. The Kier molecular flexibility index (Phi) is 6.39. The molecule has 0 unspecified atom stereocenters. The van der Waals surface area contributed by atoms with E-state index in [1.165, 1.54) is 23.0 Å². The van der Waals surface area contributed by atoms with Crippen molar-refractivity contribution < 1.29 is 9.50 Å². The normalized spacial score (nSPS) is 11.6. The summed E-state index contributed by atoms with van der Waals surface area (Å²) in [6.07, 6.45) is 4.88. The van der Waals surface area contributed by atoms with E-state index in [4.69, 9.17) is 0 Å². The molecular weight excluding hydrogens is 527 g/mol. The van der Waals surface area contributed by atoms with Crippen LogP contribution in [0.4, 0.5) is 10.3 Å². The molecule has 1 aromatic heterocycles. The quantitative estimate of drug-likeness (QED) is 0.291. The molecule has 0 aliphatic heterocycles. The van der Waals surface area contributed by atoms with Crippen molar-refractivity contribution in [3.8, 4) is 17.0 Å². The zero-order valence-corrected chi connectivity index (χ0v) is 19.1. The minimum atomic E-state index is -0.309. The van der Waals surface area contributed by atoms with Crippen molar-refractivity contribution in [2.24, 2.45) is 10.1 Å². The number of aromatic hydroxyl groups is 1. The standard InChI is InChI=1S/C23H15Br2FN4O/c24-18-10-17(22(31)20(25)11-18)13-27-23-29-21(16-4-2-1-3-5-16)14-30(23)28-12-15-6-8-19(26)9-7-15/h1-14,31H. The molecule has 4 aromatic rings. The van der Waals surface area contributed by atoms with E-state index in [0.29, 0.717) is 21.7 Å². The van der Waals surface area contributed by atoms with Crippen LogP contribution in [-0.2, 0) is 0 Å². The SMILES string of the molecule is Oc1c(Br)cc(Br)cc1C=Nc1nc(-c2ccccc2)cn1N=Cc1ccc(F)cc1. The highest BCUT2D eigenvalue weighted by atomic mass is 79.9. The fraction of sp³-hybridized carbons (Fsp3) is 0. The summed E-state index contributed by atoms with van der Waals surface area (Å²) >= 11 is 6.72. The maximum Gasteiger partial charge on any atom is 0.251 e. The Morgan fingerprint density at radius 2 is 1.71 bits per heavy atom. The van der Waals surface area contributed by atoms with E-state index in [1.807, 2.05) is 30.3 Å². The Morgan fingerprint density at radius 1 is 0.968 bits per heavy atom. The molecule has 1 heterocycles. The topological polar surface area (TPSA) is 62.8 Å². The van der Waals surface area contributed by atoms with E-state index >= 15 is 0 Å². The molecule has 0 saturated carbocycles. The second-order valence-corrected chi connectivity index (χ2v) is 8.29. The van der Waals surface area contributed by atoms with Crippen molar-refractivity contribution in [1.29, 1.82) is 0 Å². The van der Waals surface area contributed by atoms with Gasteiger partial charge in [0.2, 0.25) is 0 Å². The summed E-state index contributed by atoms with van der Waals surface area (Å²) in [5, 5.41) is 14.7. The van der Waals surface area contributed by atoms with Crippen LogP contribution >= 0.6 is 31.9 Å². The van der Waals surface area contributed by atoms with Crippen molar-refractivity contribution in [3.05, 3.63) is 98.8 Å². The smallest absolute Gasteiger partial charge is 0.251 e. The molecule has 0 bridgehead atoms. The van der Waals surface area contributed by atoms with Crippen LogP contribution in [0.3, 0.4) is 0 Å². The van der Waals surface area contributed by atoms with Gasteiger partial charge in [0.1, 0.15) is 11.6 Å². The lowest BCUT2D eigenvalue weighted by Gasteiger charge is -2.02. The fourth-order valence-corrected chi connectivity index (χ4v) is 4.03. The average molecular weight is 542 g/mol. The number of phenolic OH excluding ortho intramolecular Hbond substituents is 1. The molecular formula is C23H15Br2FN4O. The third-order valence-electron chi connectivity index (χ3n) is 4.32. The predicted molar refractivity (Wildman–Crippen MR) is 128 cm³/mol. The monoisotopic (exact) mass is 540 g/mol. The first-order chi connectivity index (χ1) is 15.0. The number of phenols is 1. The van der Waals surface area contributed by atoms with Crippen molar-refractivity contribution in [2.45, 2.75) is 0 Å². The van der Waals surface area contributed by atoms with E-state index in [-0.39, 0.29) is 11.6 Å². The molecule has 5 nitrogen and oxygen atoms in total. The summed E-state index contributed by atoms with van der Waals surface area (Å²) < 4.78 is 16.0. The lowest BCUT2D eigenvalue weighted by molar-refractivity contribution is 0.471. The Bertz CT molecular complexity index is 1270. The van der Waals surface area contributed by atoms with Gasteiger partial charge < -0.3 is 5.11 Å². The number of imidazole rings is 1. The summed E-state index contributed by atoms with van der Waals surface area (Å²) in [4.78, 5) is 9.03. The first kappa shape index (κ1) is 21.1. The minimum Gasteiger partial charge on any atom is -0.506 e. The second-order valence-electron chi connectivity index (χ2n) is 6.52. The lowest BCUT2D eigenvalue weighted by Crippen LogP contribution is -1.90. The van der Waals surface area contributed by atoms with Gasteiger partial charge in [-0.3, -0.25) is 0 Å². The molecule has 0 fully saturated rings. The van der Waals surface area contributed by atoms with Gasteiger partial charge in [0.15, 0.2) is 0 Å². The molecule has 3 aromatic carbocycles. The van der Waals surface area contributed by atoms with Crippen LogP contribution < -0.4 is 0 Å². The van der Waals surface area contributed by atoms with Gasteiger partial charge in [-0.25, -0.2) is 19.0 Å². The zero-order chi connectivity index (χ0) is 21.8. The minimum absolute atomic E-state index is 0.0724. The molecule has 1 N–H and O–H groups in total. The molecule has 4 rings (SSSR count). The largest absolute Gasteiger partial charge is 0.506 e. The third-order valence-corrected chi connectivity index (χ3v) is 5.38. The number of benzene rings is 3. The lowest BCUT2D eigenvalue weighted by atomic mass is 10.2. The van der Waals surface area contributed by atoms with Crippen LogP contribution in [0, 0.1) is 5.82 Å². The second kappa shape index (κ2) is 9.36. The Balaban J connectivity index is 1.73. The molecule has 154 valence electrons. The van der Waals surface area contributed by atoms with E-state index in [9.17, 15) is 9.50 Å².